The molecule has 100 valence electrons. The maximum absolute atomic E-state index is 13.6. The van der Waals surface area contributed by atoms with Crippen LogP contribution in [0.4, 0.5) is 4.39 Å². The van der Waals surface area contributed by atoms with Gasteiger partial charge in [-0.05, 0) is 23.8 Å². The van der Waals surface area contributed by atoms with Gasteiger partial charge in [0.2, 0.25) is 5.88 Å². The first kappa shape index (κ1) is 13.3. The van der Waals surface area contributed by atoms with Gasteiger partial charge in [-0.3, -0.25) is 0 Å². The average molecular weight is 263 g/mol. The van der Waals surface area contributed by atoms with Crippen molar-refractivity contribution in [3.63, 3.8) is 0 Å². The Labute approximate surface area is 110 Å². The highest BCUT2D eigenvalue weighted by molar-refractivity contribution is 5.34. The molecule has 0 fully saturated rings. The first-order chi connectivity index (χ1) is 9.15. The predicted octanol–water partition coefficient (Wildman–Crippen LogP) is 2.32. The van der Waals surface area contributed by atoms with Gasteiger partial charge in [-0.2, -0.15) is 0 Å². The normalized spacial score (nSPS) is 12.0. The molecule has 1 N–H and O–H groups in total. The molecule has 2 aromatic rings. The minimum atomic E-state index is -1.02. The lowest BCUT2D eigenvalue weighted by Gasteiger charge is -2.12. The van der Waals surface area contributed by atoms with Crippen LogP contribution in [0.15, 0.2) is 36.4 Å². The second-order valence-corrected chi connectivity index (χ2v) is 3.90. The van der Waals surface area contributed by atoms with Crippen molar-refractivity contribution in [2.45, 2.75) is 6.10 Å². The molecule has 1 aromatic carbocycles. The van der Waals surface area contributed by atoms with Crippen LogP contribution in [0.1, 0.15) is 17.4 Å². The Morgan fingerprint density at radius 1 is 1.16 bits per heavy atom. The molecule has 0 aliphatic carbocycles. The Balaban J connectivity index is 2.32. The van der Waals surface area contributed by atoms with E-state index < -0.39 is 11.9 Å². The molecule has 5 heteroatoms. The third-order valence-electron chi connectivity index (χ3n) is 2.73. The minimum Gasteiger partial charge on any atom is -0.494 e. The molecular weight excluding hydrogens is 249 g/mol. The number of aromatic nitrogens is 1. The van der Waals surface area contributed by atoms with Gasteiger partial charge >= 0.3 is 0 Å². The topological polar surface area (TPSA) is 51.6 Å². The number of halogens is 1. The molecule has 1 atom stereocenters. The summed E-state index contributed by atoms with van der Waals surface area (Å²) in [5.74, 6) is 0.00188. The number of aliphatic hydroxyl groups excluding tert-OH is 1. The van der Waals surface area contributed by atoms with E-state index in [1.165, 1.54) is 26.4 Å². The summed E-state index contributed by atoms with van der Waals surface area (Å²) in [5.41, 5.74) is 0.794. The summed E-state index contributed by atoms with van der Waals surface area (Å²) >= 11 is 0. The minimum absolute atomic E-state index is 0.134. The largest absolute Gasteiger partial charge is 0.494 e. The van der Waals surface area contributed by atoms with E-state index in [0.29, 0.717) is 17.1 Å². The fourth-order valence-electron chi connectivity index (χ4n) is 1.72. The molecule has 0 aliphatic heterocycles. The highest BCUT2D eigenvalue weighted by atomic mass is 19.1. The zero-order chi connectivity index (χ0) is 13.8. The maximum atomic E-state index is 13.6. The summed E-state index contributed by atoms with van der Waals surface area (Å²) in [7, 11) is 2.88. The average Bonchev–Trinajstić information content (AvgIpc) is 2.46. The Kier molecular flexibility index (Phi) is 3.97. The Hall–Kier alpha value is -2.14. The highest BCUT2D eigenvalue weighted by Gasteiger charge is 2.15. The number of rotatable bonds is 4. The number of pyridine rings is 1. The summed E-state index contributed by atoms with van der Waals surface area (Å²) in [4.78, 5) is 4.11. The van der Waals surface area contributed by atoms with Crippen LogP contribution >= 0.6 is 0 Å². The van der Waals surface area contributed by atoms with E-state index >= 15 is 0 Å². The lowest BCUT2D eigenvalue weighted by atomic mass is 10.1. The van der Waals surface area contributed by atoms with Crippen molar-refractivity contribution in [1.29, 1.82) is 0 Å². The number of benzene rings is 1. The molecule has 0 radical (unpaired) electrons. The zero-order valence-corrected chi connectivity index (χ0v) is 10.6. The van der Waals surface area contributed by atoms with E-state index in [2.05, 4.69) is 4.98 Å². The molecule has 4 nitrogen and oxygen atoms in total. The van der Waals surface area contributed by atoms with Gasteiger partial charge in [0.15, 0.2) is 11.6 Å². The number of ether oxygens (including phenoxy) is 2. The summed E-state index contributed by atoms with van der Waals surface area (Å²) in [6.07, 6.45) is -1.02. The van der Waals surface area contributed by atoms with Crippen LogP contribution in [-0.2, 0) is 0 Å². The molecule has 1 unspecified atom stereocenters. The van der Waals surface area contributed by atoms with Crippen molar-refractivity contribution in [3.05, 3.63) is 53.5 Å². The van der Waals surface area contributed by atoms with Crippen LogP contribution < -0.4 is 9.47 Å². The zero-order valence-electron chi connectivity index (χ0n) is 10.6. The van der Waals surface area contributed by atoms with Gasteiger partial charge in [-0.1, -0.05) is 12.1 Å². The molecule has 1 aromatic heterocycles. The fourth-order valence-corrected chi connectivity index (χ4v) is 1.72. The van der Waals surface area contributed by atoms with E-state index in [4.69, 9.17) is 9.47 Å². The molecule has 19 heavy (non-hydrogen) atoms. The van der Waals surface area contributed by atoms with Crippen molar-refractivity contribution in [3.8, 4) is 11.6 Å². The SMILES string of the molecule is COc1cccc(C(O)c2ccc(OC)c(F)c2)n1. The first-order valence-corrected chi connectivity index (χ1v) is 5.68. The van der Waals surface area contributed by atoms with Gasteiger partial charge in [-0.25, -0.2) is 9.37 Å². The van der Waals surface area contributed by atoms with E-state index in [9.17, 15) is 9.50 Å². The lowest BCUT2D eigenvalue weighted by Crippen LogP contribution is -2.04. The van der Waals surface area contributed by atoms with Gasteiger partial charge < -0.3 is 14.6 Å². The quantitative estimate of drug-likeness (QED) is 0.919. The summed E-state index contributed by atoms with van der Waals surface area (Å²) < 4.78 is 23.4. The van der Waals surface area contributed by atoms with Gasteiger partial charge in [-0.15, -0.1) is 0 Å². The molecule has 0 aliphatic rings. The first-order valence-electron chi connectivity index (χ1n) is 5.68. The highest BCUT2D eigenvalue weighted by Crippen LogP contribution is 2.26. The number of aliphatic hydroxyl groups is 1. The van der Waals surface area contributed by atoms with E-state index in [1.807, 2.05) is 0 Å². The Morgan fingerprint density at radius 2 is 1.95 bits per heavy atom. The number of hydrogen-bond donors (Lipinski definition) is 1. The van der Waals surface area contributed by atoms with Gasteiger partial charge in [0.25, 0.3) is 0 Å². The molecule has 0 saturated carbocycles. The predicted molar refractivity (Wildman–Crippen MR) is 67.8 cm³/mol. The van der Waals surface area contributed by atoms with Crippen LogP contribution in [0.25, 0.3) is 0 Å². The van der Waals surface area contributed by atoms with E-state index in [0.717, 1.165) is 0 Å². The summed E-state index contributed by atoms with van der Waals surface area (Å²) in [6, 6.07) is 9.32. The second-order valence-electron chi connectivity index (χ2n) is 3.90. The summed E-state index contributed by atoms with van der Waals surface area (Å²) in [5, 5.41) is 10.2. The molecule has 0 saturated heterocycles. The van der Waals surface area contributed by atoms with Crippen molar-refractivity contribution >= 4 is 0 Å². The van der Waals surface area contributed by atoms with Crippen molar-refractivity contribution in [1.82, 2.24) is 4.98 Å². The monoisotopic (exact) mass is 263 g/mol. The Bertz CT molecular complexity index is 574. The number of nitrogens with zero attached hydrogens (tertiary/aromatic N) is 1. The molecule has 1 heterocycles. The van der Waals surface area contributed by atoms with Crippen LogP contribution in [-0.4, -0.2) is 24.3 Å². The molecule has 0 amide bonds. The third kappa shape index (κ3) is 2.82. The van der Waals surface area contributed by atoms with E-state index in [-0.39, 0.29) is 5.75 Å². The van der Waals surface area contributed by atoms with Gasteiger partial charge in [0, 0.05) is 6.07 Å². The van der Waals surface area contributed by atoms with Crippen LogP contribution in [0.3, 0.4) is 0 Å². The van der Waals surface area contributed by atoms with Crippen molar-refractivity contribution in [2.24, 2.45) is 0 Å². The van der Waals surface area contributed by atoms with Crippen LogP contribution in [0.5, 0.6) is 11.6 Å². The Morgan fingerprint density at radius 3 is 2.58 bits per heavy atom. The van der Waals surface area contributed by atoms with E-state index in [1.54, 1.807) is 24.3 Å². The maximum Gasteiger partial charge on any atom is 0.213 e. The molecule has 2 rings (SSSR count). The number of methoxy groups -OCH3 is 2. The molecule has 0 bridgehead atoms. The lowest BCUT2D eigenvalue weighted by molar-refractivity contribution is 0.213. The van der Waals surface area contributed by atoms with Crippen molar-refractivity contribution in [2.75, 3.05) is 14.2 Å². The van der Waals surface area contributed by atoms with Crippen molar-refractivity contribution < 1.29 is 19.0 Å². The van der Waals surface area contributed by atoms with Crippen LogP contribution in [0, 0.1) is 5.82 Å². The summed E-state index contributed by atoms with van der Waals surface area (Å²) in [6.45, 7) is 0. The number of hydrogen-bond acceptors (Lipinski definition) is 4. The molecular formula is C14H14FNO3. The second kappa shape index (κ2) is 5.67. The van der Waals surface area contributed by atoms with Gasteiger partial charge in [0.1, 0.15) is 6.10 Å². The fraction of sp³-hybridized carbons (Fsp3) is 0.214. The molecule has 0 spiro atoms. The standard InChI is InChI=1S/C14H14FNO3/c1-18-12-7-6-9(8-10(12)15)14(17)11-4-3-5-13(16-11)19-2/h3-8,14,17H,1-2H3. The van der Waals surface area contributed by atoms with Crippen LogP contribution in [0.2, 0.25) is 0 Å². The smallest absolute Gasteiger partial charge is 0.213 e. The van der Waals surface area contributed by atoms with Gasteiger partial charge in [0.05, 0.1) is 19.9 Å². The third-order valence-corrected chi connectivity index (χ3v) is 2.73.